The molecule has 0 spiro atoms. The quantitative estimate of drug-likeness (QED) is 0.826. The topological polar surface area (TPSA) is 60.6 Å². The first kappa shape index (κ1) is 11.3. The van der Waals surface area contributed by atoms with E-state index in [2.05, 4.69) is 27.1 Å². The Morgan fingerprint density at radius 2 is 2.06 bits per heavy atom. The number of nitrogens with one attached hydrogen (secondary N) is 2. The molecular formula is C9H13N5S2. The van der Waals surface area contributed by atoms with Gasteiger partial charge < -0.3 is 4.90 Å². The zero-order chi connectivity index (χ0) is 11.7. The second kappa shape index (κ2) is 4.34. The standard InChI is InChI=1S/C9H13N5S2/c1-4-5-6(7-11-8(15)13-12-7)16-9(10-5)14(2)3/h4H2,1-3H3,(H2,11,12,13,15). The van der Waals surface area contributed by atoms with Gasteiger partial charge in [0.15, 0.2) is 11.0 Å². The number of nitrogens with zero attached hydrogens (tertiary/aromatic N) is 3. The maximum atomic E-state index is 4.95. The van der Waals surface area contributed by atoms with Gasteiger partial charge in [0.1, 0.15) is 0 Å². The average Bonchev–Trinajstić information content (AvgIpc) is 2.82. The zero-order valence-corrected chi connectivity index (χ0v) is 11.0. The van der Waals surface area contributed by atoms with Crippen LogP contribution >= 0.6 is 23.6 Å². The van der Waals surface area contributed by atoms with E-state index in [4.69, 9.17) is 12.2 Å². The minimum Gasteiger partial charge on any atom is -0.354 e. The van der Waals surface area contributed by atoms with E-state index in [0.29, 0.717) is 4.77 Å². The number of hydrogen-bond donors (Lipinski definition) is 2. The Morgan fingerprint density at radius 3 is 2.56 bits per heavy atom. The van der Waals surface area contributed by atoms with Gasteiger partial charge in [0.25, 0.3) is 0 Å². The Hall–Kier alpha value is -1.21. The Balaban J connectivity index is 2.51. The smallest absolute Gasteiger partial charge is 0.213 e. The summed E-state index contributed by atoms with van der Waals surface area (Å²) in [4.78, 5) is 11.8. The van der Waals surface area contributed by atoms with Gasteiger partial charge in [-0.25, -0.2) is 4.98 Å². The van der Waals surface area contributed by atoms with Crippen LogP contribution in [-0.4, -0.2) is 34.3 Å². The third-order valence-corrected chi connectivity index (χ3v) is 3.59. The molecule has 7 heteroatoms. The SMILES string of the molecule is CCc1nc(N(C)C)sc1-c1nc(=S)[nH][nH]1. The van der Waals surface area contributed by atoms with Gasteiger partial charge in [0.2, 0.25) is 4.77 Å². The number of thiazole rings is 1. The van der Waals surface area contributed by atoms with Crippen molar-refractivity contribution in [2.45, 2.75) is 13.3 Å². The van der Waals surface area contributed by atoms with Crippen LogP contribution in [0.3, 0.4) is 0 Å². The number of anilines is 1. The van der Waals surface area contributed by atoms with E-state index in [-0.39, 0.29) is 0 Å². The normalized spacial score (nSPS) is 10.7. The summed E-state index contributed by atoms with van der Waals surface area (Å²) in [6, 6.07) is 0. The number of hydrogen-bond acceptors (Lipinski definition) is 5. The zero-order valence-electron chi connectivity index (χ0n) is 9.37. The Kier molecular flexibility index (Phi) is 3.06. The number of H-pyrrole nitrogens is 2. The van der Waals surface area contributed by atoms with Crippen molar-refractivity contribution in [1.29, 1.82) is 0 Å². The van der Waals surface area contributed by atoms with E-state index in [1.807, 2.05) is 19.0 Å². The first-order valence-electron chi connectivity index (χ1n) is 4.94. The lowest BCUT2D eigenvalue weighted by molar-refractivity contribution is 1.02. The summed E-state index contributed by atoms with van der Waals surface area (Å²) < 4.78 is 0.469. The van der Waals surface area contributed by atoms with E-state index < -0.39 is 0 Å². The van der Waals surface area contributed by atoms with Gasteiger partial charge in [0, 0.05) is 14.1 Å². The van der Waals surface area contributed by atoms with Crippen molar-refractivity contribution in [3.63, 3.8) is 0 Å². The van der Waals surface area contributed by atoms with Gasteiger partial charge in [-0.3, -0.25) is 10.2 Å². The van der Waals surface area contributed by atoms with Gasteiger partial charge in [-0.05, 0) is 18.6 Å². The average molecular weight is 255 g/mol. The summed E-state index contributed by atoms with van der Waals surface area (Å²) in [5, 5.41) is 6.74. The highest BCUT2D eigenvalue weighted by Crippen LogP contribution is 2.32. The molecule has 0 saturated carbocycles. The number of aromatic nitrogens is 4. The summed E-state index contributed by atoms with van der Waals surface area (Å²) in [5.74, 6) is 0.771. The predicted molar refractivity (Wildman–Crippen MR) is 68.6 cm³/mol. The molecule has 2 aromatic rings. The maximum Gasteiger partial charge on any atom is 0.213 e. The third-order valence-electron chi connectivity index (χ3n) is 2.12. The molecule has 0 aliphatic heterocycles. The number of aromatic amines is 2. The van der Waals surface area contributed by atoms with Crippen LogP contribution in [0, 0.1) is 4.77 Å². The van der Waals surface area contributed by atoms with Crippen molar-refractivity contribution < 1.29 is 0 Å². The first-order chi connectivity index (χ1) is 7.61. The molecule has 2 aromatic heterocycles. The van der Waals surface area contributed by atoms with Crippen LogP contribution in [0.4, 0.5) is 5.13 Å². The van der Waals surface area contributed by atoms with E-state index in [1.165, 1.54) is 0 Å². The highest BCUT2D eigenvalue weighted by Gasteiger charge is 2.14. The summed E-state index contributed by atoms with van der Waals surface area (Å²) in [6.45, 7) is 2.08. The molecule has 0 fully saturated rings. The molecular weight excluding hydrogens is 242 g/mol. The summed E-state index contributed by atoms with van der Waals surface area (Å²) in [6.07, 6.45) is 0.882. The van der Waals surface area contributed by atoms with Crippen LogP contribution in [-0.2, 0) is 6.42 Å². The molecule has 0 radical (unpaired) electrons. The summed E-state index contributed by atoms with van der Waals surface area (Å²) in [5.41, 5.74) is 1.05. The van der Waals surface area contributed by atoms with Crippen molar-refractivity contribution >= 4 is 28.7 Å². The van der Waals surface area contributed by atoms with Crippen LogP contribution < -0.4 is 4.90 Å². The van der Waals surface area contributed by atoms with E-state index in [9.17, 15) is 0 Å². The fourth-order valence-corrected chi connectivity index (χ4v) is 2.50. The molecule has 2 N–H and O–H groups in total. The summed E-state index contributed by atoms with van der Waals surface area (Å²) in [7, 11) is 3.96. The lowest BCUT2D eigenvalue weighted by atomic mass is 10.3. The molecule has 16 heavy (non-hydrogen) atoms. The molecule has 0 aromatic carbocycles. The molecule has 0 atom stereocenters. The second-order valence-corrected chi connectivity index (χ2v) is 4.90. The summed E-state index contributed by atoms with van der Waals surface area (Å²) >= 11 is 6.56. The predicted octanol–water partition coefficient (Wildman–Crippen LogP) is 2.22. The molecule has 0 saturated heterocycles. The molecule has 5 nitrogen and oxygen atoms in total. The van der Waals surface area contributed by atoms with Crippen molar-refractivity contribution in [2.24, 2.45) is 0 Å². The van der Waals surface area contributed by atoms with Crippen molar-refractivity contribution in [2.75, 3.05) is 19.0 Å². The third kappa shape index (κ3) is 2.00. The van der Waals surface area contributed by atoms with Crippen LogP contribution in [0.1, 0.15) is 12.6 Å². The molecule has 86 valence electrons. The Morgan fingerprint density at radius 1 is 1.31 bits per heavy atom. The van der Waals surface area contributed by atoms with Gasteiger partial charge in [-0.15, -0.1) is 0 Å². The van der Waals surface area contributed by atoms with E-state index in [1.54, 1.807) is 11.3 Å². The Labute approximate surface area is 103 Å². The highest BCUT2D eigenvalue weighted by atomic mass is 32.1. The molecule has 0 aliphatic rings. The van der Waals surface area contributed by atoms with Crippen LogP contribution in [0.15, 0.2) is 0 Å². The first-order valence-corrected chi connectivity index (χ1v) is 6.16. The van der Waals surface area contributed by atoms with Crippen molar-refractivity contribution in [3.8, 4) is 10.7 Å². The van der Waals surface area contributed by atoms with Crippen LogP contribution in [0.2, 0.25) is 0 Å². The molecule has 2 heterocycles. The molecule has 0 unspecified atom stereocenters. The van der Waals surface area contributed by atoms with Gasteiger partial charge in [-0.1, -0.05) is 18.3 Å². The lowest BCUT2D eigenvalue weighted by Crippen LogP contribution is -2.07. The maximum absolute atomic E-state index is 4.95. The fourth-order valence-electron chi connectivity index (χ4n) is 1.33. The minimum atomic E-state index is 0.469. The largest absolute Gasteiger partial charge is 0.354 e. The molecule has 2 rings (SSSR count). The monoisotopic (exact) mass is 255 g/mol. The number of rotatable bonds is 3. The van der Waals surface area contributed by atoms with E-state index in [0.717, 1.165) is 27.9 Å². The Bertz CT molecular complexity index is 536. The minimum absolute atomic E-state index is 0.469. The molecule has 0 bridgehead atoms. The van der Waals surface area contributed by atoms with Crippen LogP contribution in [0.25, 0.3) is 10.7 Å². The van der Waals surface area contributed by atoms with Crippen molar-refractivity contribution in [3.05, 3.63) is 10.5 Å². The fraction of sp³-hybridized carbons (Fsp3) is 0.444. The second-order valence-electron chi connectivity index (χ2n) is 3.54. The van der Waals surface area contributed by atoms with Gasteiger partial charge >= 0.3 is 0 Å². The number of aryl methyl sites for hydroxylation is 1. The van der Waals surface area contributed by atoms with Crippen LogP contribution in [0.5, 0.6) is 0 Å². The molecule has 0 aliphatic carbocycles. The highest BCUT2D eigenvalue weighted by molar-refractivity contribution is 7.71. The lowest BCUT2D eigenvalue weighted by Gasteiger charge is -2.05. The van der Waals surface area contributed by atoms with Gasteiger partial charge in [0.05, 0.1) is 10.6 Å². The van der Waals surface area contributed by atoms with Crippen molar-refractivity contribution in [1.82, 2.24) is 20.2 Å². The van der Waals surface area contributed by atoms with Gasteiger partial charge in [-0.2, -0.15) is 4.98 Å². The molecule has 0 amide bonds. The van der Waals surface area contributed by atoms with E-state index >= 15 is 0 Å².